The van der Waals surface area contributed by atoms with Gasteiger partial charge >= 0.3 is 6.03 Å². The molecule has 2 heterocycles. The molecular weight excluding hydrogens is 502 g/mol. The lowest BCUT2D eigenvalue weighted by Crippen LogP contribution is -2.68. The number of allylic oxidation sites excluding steroid dienone is 3. The number of carbonyl (C=O) groups excluding carboxylic acids is 2. The molecule has 0 saturated carbocycles. The van der Waals surface area contributed by atoms with Crippen LogP contribution < -0.4 is 5.32 Å². The van der Waals surface area contributed by atoms with Crippen molar-refractivity contribution < 1.29 is 14.7 Å². The molecule has 2 aromatic carbocycles. The molecule has 212 valence electrons. The highest BCUT2D eigenvalue weighted by Crippen LogP contribution is 2.34. The Kier molecular flexibility index (Phi) is 8.99. The summed E-state index contributed by atoms with van der Waals surface area (Å²) in [4.78, 5) is 31.6. The summed E-state index contributed by atoms with van der Waals surface area (Å²) in [7, 11) is 0. The van der Waals surface area contributed by atoms with Crippen molar-refractivity contribution in [2.24, 2.45) is 5.92 Å². The molecular formula is C32H41N5O3. The summed E-state index contributed by atoms with van der Waals surface area (Å²) >= 11 is 0. The Morgan fingerprint density at radius 1 is 1.05 bits per heavy atom. The van der Waals surface area contributed by atoms with Crippen LogP contribution in [0.15, 0.2) is 85.0 Å². The number of amides is 3. The zero-order valence-corrected chi connectivity index (χ0v) is 23.5. The van der Waals surface area contributed by atoms with Crippen LogP contribution in [0, 0.1) is 5.92 Å². The van der Waals surface area contributed by atoms with Gasteiger partial charge in [-0.3, -0.25) is 9.80 Å². The van der Waals surface area contributed by atoms with Gasteiger partial charge in [-0.25, -0.2) is 9.69 Å². The van der Waals surface area contributed by atoms with Crippen LogP contribution in [0.4, 0.5) is 4.79 Å². The van der Waals surface area contributed by atoms with Gasteiger partial charge in [0.2, 0.25) is 5.91 Å². The van der Waals surface area contributed by atoms with Crippen molar-refractivity contribution in [1.82, 2.24) is 25.1 Å². The Hall–Kier alpha value is -3.46. The van der Waals surface area contributed by atoms with E-state index in [1.54, 1.807) is 5.01 Å². The number of piperazine rings is 1. The molecule has 2 N–H and O–H groups in total. The van der Waals surface area contributed by atoms with E-state index in [1.807, 2.05) is 88.5 Å². The molecule has 5 atom stereocenters. The summed E-state index contributed by atoms with van der Waals surface area (Å²) in [5.74, 6) is 0.255. The standard InChI is InChI=1S/C32H41N5O3/c1-3-19-35(32(40)33-21-26-15-9-5-10-16-26)36-23-30(38)37-28(20-25-13-7-4-8-14-25)31(39)34(22-29(36)37)24(2)27-17-11-6-12-18-27/h4-17,24,27-30,38H,3,18-23H2,1-2H3,(H,33,40)/t24-,27?,28-,29+,30?/m0/s1. The maximum absolute atomic E-state index is 14.1. The van der Waals surface area contributed by atoms with Crippen molar-refractivity contribution in [2.45, 2.75) is 64.1 Å². The van der Waals surface area contributed by atoms with Gasteiger partial charge in [-0.2, -0.15) is 5.01 Å². The smallest absolute Gasteiger partial charge is 0.332 e. The highest BCUT2D eigenvalue weighted by Gasteiger charge is 2.53. The highest BCUT2D eigenvalue weighted by atomic mass is 16.3. The fourth-order valence-corrected chi connectivity index (χ4v) is 6.19. The Morgan fingerprint density at radius 3 is 2.40 bits per heavy atom. The number of fused-ring (bicyclic) bond motifs is 1. The van der Waals surface area contributed by atoms with E-state index in [-0.39, 0.29) is 36.6 Å². The van der Waals surface area contributed by atoms with E-state index in [9.17, 15) is 14.7 Å². The molecule has 2 fully saturated rings. The van der Waals surface area contributed by atoms with Crippen LogP contribution in [0.1, 0.15) is 37.8 Å². The van der Waals surface area contributed by atoms with E-state index in [2.05, 4.69) is 30.5 Å². The van der Waals surface area contributed by atoms with Gasteiger partial charge in [0.15, 0.2) is 0 Å². The van der Waals surface area contributed by atoms with E-state index in [4.69, 9.17) is 0 Å². The molecule has 2 saturated heterocycles. The monoisotopic (exact) mass is 543 g/mol. The van der Waals surface area contributed by atoms with Gasteiger partial charge < -0.3 is 15.3 Å². The predicted molar refractivity (Wildman–Crippen MR) is 156 cm³/mol. The van der Waals surface area contributed by atoms with Crippen molar-refractivity contribution in [1.29, 1.82) is 0 Å². The van der Waals surface area contributed by atoms with Gasteiger partial charge in [0.05, 0.1) is 19.1 Å². The number of urea groups is 1. The van der Waals surface area contributed by atoms with E-state index >= 15 is 0 Å². The summed E-state index contributed by atoms with van der Waals surface area (Å²) in [6, 6.07) is 19.1. The van der Waals surface area contributed by atoms with E-state index in [0.29, 0.717) is 26.1 Å². The maximum atomic E-state index is 14.1. The number of aliphatic hydroxyl groups excluding tert-OH is 1. The first-order chi connectivity index (χ1) is 19.5. The molecule has 2 aliphatic heterocycles. The predicted octanol–water partition coefficient (Wildman–Crippen LogP) is 3.76. The van der Waals surface area contributed by atoms with Crippen molar-refractivity contribution >= 4 is 11.9 Å². The minimum atomic E-state index is -0.862. The van der Waals surface area contributed by atoms with Crippen molar-refractivity contribution in [2.75, 3.05) is 19.6 Å². The van der Waals surface area contributed by atoms with E-state index in [1.165, 1.54) is 0 Å². The van der Waals surface area contributed by atoms with Gasteiger partial charge in [-0.05, 0) is 37.3 Å². The number of aliphatic hydroxyl groups is 1. The van der Waals surface area contributed by atoms with Crippen molar-refractivity contribution in [3.8, 4) is 0 Å². The third-order valence-electron chi connectivity index (χ3n) is 8.33. The third kappa shape index (κ3) is 5.99. The Balaban J connectivity index is 1.42. The molecule has 2 aromatic rings. The summed E-state index contributed by atoms with van der Waals surface area (Å²) in [6.07, 6.45) is 9.40. The lowest BCUT2D eigenvalue weighted by Gasteiger charge is -2.49. The number of carbonyl (C=O) groups is 2. The molecule has 0 radical (unpaired) electrons. The normalized spacial score (nSPS) is 25.6. The summed E-state index contributed by atoms with van der Waals surface area (Å²) in [5.41, 5.74) is 2.07. The molecule has 0 bridgehead atoms. The molecule has 8 heteroatoms. The molecule has 0 spiro atoms. The van der Waals surface area contributed by atoms with Crippen LogP contribution in [0.2, 0.25) is 0 Å². The van der Waals surface area contributed by atoms with Gasteiger partial charge in [0.1, 0.15) is 12.4 Å². The quantitative estimate of drug-likeness (QED) is 0.504. The molecule has 40 heavy (non-hydrogen) atoms. The summed E-state index contributed by atoms with van der Waals surface area (Å²) in [5, 5.41) is 18.2. The molecule has 2 unspecified atom stereocenters. The number of β-amino-alcohol motifs (C(OH)–C–C–N with tert-alkyl or cyclic N) is 1. The lowest BCUT2D eigenvalue weighted by atomic mass is 9.90. The van der Waals surface area contributed by atoms with Gasteiger partial charge in [-0.1, -0.05) is 91.9 Å². The van der Waals surface area contributed by atoms with Crippen LogP contribution >= 0.6 is 0 Å². The first kappa shape index (κ1) is 28.1. The first-order valence-corrected chi connectivity index (χ1v) is 14.5. The van der Waals surface area contributed by atoms with Crippen LogP contribution in [-0.2, 0) is 17.8 Å². The first-order valence-electron chi connectivity index (χ1n) is 14.5. The van der Waals surface area contributed by atoms with Gasteiger partial charge in [-0.15, -0.1) is 0 Å². The van der Waals surface area contributed by atoms with E-state index in [0.717, 1.165) is 24.0 Å². The third-order valence-corrected chi connectivity index (χ3v) is 8.33. The van der Waals surface area contributed by atoms with E-state index < -0.39 is 12.3 Å². The van der Waals surface area contributed by atoms with Crippen LogP contribution in [0.25, 0.3) is 0 Å². The number of nitrogens with one attached hydrogen (secondary N) is 1. The number of nitrogens with zero attached hydrogens (tertiary/aromatic N) is 4. The molecule has 0 aromatic heterocycles. The zero-order valence-electron chi connectivity index (χ0n) is 23.5. The molecule has 3 aliphatic rings. The number of hydrogen-bond acceptors (Lipinski definition) is 5. The summed E-state index contributed by atoms with van der Waals surface area (Å²) < 4.78 is 0. The minimum absolute atomic E-state index is 0.0137. The molecule has 5 rings (SSSR count). The van der Waals surface area contributed by atoms with Crippen LogP contribution in [-0.4, -0.2) is 81.0 Å². The Labute approximate surface area is 237 Å². The average molecular weight is 544 g/mol. The average Bonchev–Trinajstić information content (AvgIpc) is 3.32. The molecule has 1 aliphatic carbocycles. The second-order valence-corrected chi connectivity index (χ2v) is 10.9. The summed E-state index contributed by atoms with van der Waals surface area (Å²) in [6.45, 7) is 5.78. The topological polar surface area (TPSA) is 79.4 Å². The van der Waals surface area contributed by atoms with Gasteiger partial charge in [0.25, 0.3) is 0 Å². The number of rotatable bonds is 9. The van der Waals surface area contributed by atoms with Crippen molar-refractivity contribution in [3.63, 3.8) is 0 Å². The maximum Gasteiger partial charge on any atom is 0.332 e. The second kappa shape index (κ2) is 12.8. The van der Waals surface area contributed by atoms with Crippen molar-refractivity contribution in [3.05, 3.63) is 96.1 Å². The number of hydrogen-bond donors (Lipinski definition) is 2. The minimum Gasteiger partial charge on any atom is -0.377 e. The fourth-order valence-electron chi connectivity index (χ4n) is 6.19. The number of benzene rings is 2. The Bertz CT molecular complexity index is 1200. The molecule has 8 nitrogen and oxygen atoms in total. The molecule has 3 amide bonds. The zero-order chi connectivity index (χ0) is 28.1. The second-order valence-electron chi connectivity index (χ2n) is 10.9. The Morgan fingerprint density at radius 2 is 1.75 bits per heavy atom. The highest BCUT2D eigenvalue weighted by molar-refractivity contribution is 5.84. The lowest BCUT2D eigenvalue weighted by molar-refractivity contribution is -0.161. The number of hydrazine groups is 1. The van der Waals surface area contributed by atoms with Gasteiger partial charge in [0, 0.05) is 25.0 Å². The largest absolute Gasteiger partial charge is 0.377 e. The van der Waals surface area contributed by atoms with Crippen LogP contribution in [0.5, 0.6) is 0 Å². The fraction of sp³-hybridized carbons (Fsp3) is 0.438. The SMILES string of the molecule is CCCN(C(=O)NCc1ccccc1)N1CC(O)N2[C@@H](Cc3ccccc3)C(=O)N([C@@H](C)C3C=CC=CC3)C[C@@H]21. The van der Waals surface area contributed by atoms with Crippen LogP contribution in [0.3, 0.4) is 0 Å².